The van der Waals surface area contributed by atoms with Gasteiger partial charge in [-0.15, -0.1) is 0 Å². The molecule has 1 aromatic rings. The molecule has 1 saturated heterocycles. The lowest BCUT2D eigenvalue weighted by Crippen LogP contribution is -2.31. The second-order valence-corrected chi connectivity index (χ2v) is 5.23. The number of hydrogen-bond acceptors (Lipinski definition) is 5. The number of nitrogens with zero attached hydrogens (tertiary/aromatic N) is 3. The number of aryl methyl sites for hydroxylation is 1. The average Bonchev–Trinajstić information content (AvgIpc) is 2.73. The molecule has 18 heavy (non-hydrogen) atoms. The Hall–Kier alpha value is -1.36. The molecule has 2 rings (SSSR count). The largest absolute Gasteiger partial charge is 0.478 e. The maximum atomic E-state index is 5.83. The van der Waals surface area contributed by atoms with Crippen LogP contribution < -0.4 is 15.4 Å². The molecule has 1 atom stereocenters. The molecule has 1 aromatic heterocycles. The highest BCUT2D eigenvalue weighted by Crippen LogP contribution is 2.32. The van der Waals surface area contributed by atoms with Crippen LogP contribution in [0.25, 0.3) is 0 Å². The third kappa shape index (κ3) is 2.72. The highest BCUT2D eigenvalue weighted by Gasteiger charge is 2.33. The first-order chi connectivity index (χ1) is 8.56. The number of anilines is 1. The average molecular weight is 250 g/mol. The summed E-state index contributed by atoms with van der Waals surface area (Å²) in [5.41, 5.74) is 6.03. The van der Waals surface area contributed by atoms with Crippen LogP contribution in [0.2, 0.25) is 0 Å². The Labute approximate surface area is 108 Å². The van der Waals surface area contributed by atoms with Crippen molar-refractivity contribution in [3.63, 3.8) is 0 Å². The number of rotatable bonds is 4. The van der Waals surface area contributed by atoms with Crippen molar-refractivity contribution in [2.45, 2.75) is 27.2 Å². The minimum atomic E-state index is 0.199. The van der Waals surface area contributed by atoms with Gasteiger partial charge in [0, 0.05) is 19.2 Å². The Morgan fingerprint density at radius 3 is 2.89 bits per heavy atom. The normalized spacial score (nSPS) is 23.4. The molecule has 2 heterocycles. The van der Waals surface area contributed by atoms with Gasteiger partial charge in [-0.25, -0.2) is 4.98 Å². The van der Waals surface area contributed by atoms with Gasteiger partial charge in [-0.3, -0.25) is 0 Å². The molecular weight excluding hydrogens is 228 g/mol. The highest BCUT2D eigenvalue weighted by atomic mass is 16.5. The van der Waals surface area contributed by atoms with Gasteiger partial charge in [-0.1, -0.05) is 6.92 Å². The molecule has 2 N–H and O–H groups in total. The molecule has 100 valence electrons. The molecule has 0 saturated carbocycles. The summed E-state index contributed by atoms with van der Waals surface area (Å²) in [4.78, 5) is 11.0. The van der Waals surface area contributed by atoms with Crippen LogP contribution in [0.5, 0.6) is 5.88 Å². The van der Waals surface area contributed by atoms with E-state index in [9.17, 15) is 0 Å². The fourth-order valence-electron chi connectivity index (χ4n) is 2.29. The van der Waals surface area contributed by atoms with Gasteiger partial charge in [0.1, 0.15) is 11.6 Å². The summed E-state index contributed by atoms with van der Waals surface area (Å²) in [6.45, 7) is 9.36. The van der Waals surface area contributed by atoms with Gasteiger partial charge < -0.3 is 15.4 Å². The second-order valence-electron chi connectivity index (χ2n) is 5.23. The maximum Gasteiger partial charge on any atom is 0.218 e. The number of ether oxygens (including phenoxy) is 1. The Morgan fingerprint density at radius 1 is 1.50 bits per heavy atom. The summed E-state index contributed by atoms with van der Waals surface area (Å²) >= 11 is 0. The lowest BCUT2D eigenvalue weighted by atomic mass is 9.90. The quantitative estimate of drug-likeness (QED) is 0.874. The number of hydrogen-bond donors (Lipinski definition) is 1. The van der Waals surface area contributed by atoms with E-state index in [-0.39, 0.29) is 5.41 Å². The summed E-state index contributed by atoms with van der Waals surface area (Å²) in [5.74, 6) is 2.35. The number of nitrogens with two attached hydrogens (primary N) is 1. The van der Waals surface area contributed by atoms with E-state index in [1.165, 1.54) is 0 Å². The molecule has 0 aliphatic carbocycles. The third-order valence-electron chi connectivity index (χ3n) is 3.47. The van der Waals surface area contributed by atoms with Crippen LogP contribution in [-0.2, 0) is 0 Å². The molecule has 0 amide bonds. The van der Waals surface area contributed by atoms with Gasteiger partial charge >= 0.3 is 0 Å². The van der Waals surface area contributed by atoms with Crippen LogP contribution >= 0.6 is 0 Å². The maximum absolute atomic E-state index is 5.83. The molecule has 1 unspecified atom stereocenters. The van der Waals surface area contributed by atoms with Crippen molar-refractivity contribution in [2.75, 3.05) is 31.1 Å². The van der Waals surface area contributed by atoms with Gasteiger partial charge in [-0.2, -0.15) is 4.98 Å². The molecule has 0 spiro atoms. The molecule has 1 aliphatic heterocycles. The zero-order valence-electron chi connectivity index (χ0n) is 11.4. The topological polar surface area (TPSA) is 64.3 Å². The van der Waals surface area contributed by atoms with E-state index in [4.69, 9.17) is 10.5 Å². The molecule has 1 fully saturated rings. The first kappa shape index (κ1) is 13.1. The minimum Gasteiger partial charge on any atom is -0.478 e. The molecule has 5 heteroatoms. The number of aromatic nitrogens is 2. The second kappa shape index (κ2) is 5.10. The SMILES string of the molecule is CCOc1cc(N2CCC(C)(CN)C2)nc(C)n1. The van der Waals surface area contributed by atoms with Crippen molar-refractivity contribution in [1.29, 1.82) is 0 Å². The Bertz CT molecular complexity index is 423. The van der Waals surface area contributed by atoms with Crippen molar-refractivity contribution < 1.29 is 4.74 Å². The van der Waals surface area contributed by atoms with Gasteiger partial charge in [0.2, 0.25) is 5.88 Å². The zero-order chi connectivity index (χ0) is 13.2. The fourth-order valence-corrected chi connectivity index (χ4v) is 2.29. The van der Waals surface area contributed by atoms with Crippen LogP contribution in [0.4, 0.5) is 5.82 Å². The van der Waals surface area contributed by atoms with Crippen LogP contribution in [0.1, 0.15) is 26.1 Å². The molecule has 0 radical (unpaired) electrons. The van der Waals surface area contributed by atoms with Gasteiger partial charge in [0.25, 0.3) is 0 Å². The highest BCUT2D eigenvalue weighted by molar-refractivity contribution is 5.43. The standard InChI is InChI=1S/C13H22N4O/c1-4-18-12-7-11(15-10(2)16-12)17-6-5-13(3,8-14)9-17/h7H,4-6,8-9,14H2,1-3H3. The summed E-state index contributed by atoms with van der Waals surface area (Å²) in [6.07, 6.45) is 1.11. The van der Waals surface area contributed by atoms with E-state index < -0.39 is 0 Å². The zero-order valence-corrected chi connectivity index (χ0v) is 11.4. The van der Waals surface area contributed by atoms with E-state index in [1.807, 2.05) is 19.9 Å². The Kier molecular flexibility index (Phi) is 3.71. The third-order valence-corrected chi connectivity index (χ3v) is 3.47. The molecular formula is C13H22N4O. The van der Waals surface area contributed by atoms with Crippen LogP contribution in [0.15, 0.2) is 6.07 Å². The van der Waals surface area contributed by atoms with E-state index in [0.717, 1.165) is 31.2 Å². The summed E-state index contributed by atoms with van der Waals surface area (Å²) in [6, 6.07) is 1.92. The van der Waals surface area contributed by atoms with Crippen molar-refractivity contribution in [3.05, 3.63) is 11.9 Å². The Balaban J connectivity index is 2.19. The van der Waals surface area contributed by atoms with E-state index in [0.29, 0.717) is 19.0 Å². The Morgan fingerprint density at radius 2 is 2.28 bits per heavy atom. The van der Waals surface area contributed by atoms with E-state index in [1.54, 1.807) is 0 Å². The van der Waals surface area contributed by atoms with Gasteiger partial charge in [-0.05, 0) is 32.2 Å². The first-order valence-electron chi connectivity index (χ1n) is 6.50. The predicted molar refractivity (Wildman–Crippen MR) is 71.9 cm³/mol. The van der Waals surface area contributed by atoms with Crippen LogP contribution in [0.3, 0.4) is 0 Å². The molecule has 0 aromatic carbocycles. The van der Waals surface area contributed by atoms with Crippen molar-refractivity contribution in [3.8, 4) is 5.88 Å². The first-order valence-corrected chi connectivity index (χ1v) is 6.50. The summed E-state index contributed by atoms with van der Waals surface area (Å²) in [5, 5.41) is 0. The fraction of sp³-hybridized carbons (Fsp3) is 0.692. The molecule has 0 bridgehead atoms. The van der Waals surface area contributed by atoms with Crippen molar-refractivity contribution >= 4 is 5.82 Å². The lowest BCUT2D eigenvalue weighted by molar-refractivity contribution is 0.325. The van der Waals surface area contributed by atoms with E-state index in [2.05, 4.69) is 21.8 Å². The van der Waals surface area contributed by atoms with Gasteiger partial charge in [0.05, 0.1) is 6.61 Å². The minimum absolute atomic E-state index is 0.199. The molecule has 5 nitrogen and oxygen atoms in total. The van der Waals surface area contributed by atoms with Gasteiger partial charge in [0.15, 0.2) is 0 Å². The van der Waals surface area contributed by atoms with Crippen molar-refractivity contribution in [2.24, 2.45) is 11.1 Å². The monoisotopic (exact) mass is 250 g/mol. The van der Waals surface area contributed by atoms with Crippen molar-refractivity contribution in [1.82, 2.24) is 9.97 Å². The van der Waals surface area contributed by atoms with E-state index >= 15 is 0 Å². The lowest BCUT2D eigenvalue weighted by Gasteiger charge is -2.23. The summed E-state index contributed by atoms with van der Waals surface area (Å²) in [7, 11) is 0. The molecule has 1 aliphatic rings. The van der Waals surface area contributed by atoms with Crippen LogP contribution in [0, 0.1) is 12.3 Å². The van der Waals surface area contributed by atoms with Crippen LogP contribution in [-0.4, -0.2) is 36.2 Å². The summed E-state index contributed by atoms with van der Waals surface area (Å²) < 4.78 is 5.46. The predicted octanol–water partition coefficient (Wildman–Crippen LogP) is 1.36. The smallest absolute Gasteiger partial charge is 0.218 e.